The first-order valence-electron chi connectivity index (χ1n) is 7.98. The highest BCUT2D eigenvalue weighted by molar-refractivity contribution is 5.18. The van der Waals surface area contributed by atoms with Gasteiger partial charge in [-0.2, -0.15) is 0 Å². The van der Waals surface area contributed by atoms with Crippen LogP contribution in [0.1, 0.15) is 37.8 Å². The summed E-state index contributed by atoms with van der Waals surface area (Å²) >= 11 is 0. The van der Waals surface area contributed by atoms with Crippen molar-refractivity contribution in [3.63, 3.8) is 0 Å². The van der Waals surface area contributed by atoms with Gasteiger partial charge in [-0.3, -0.25) is 0 Å². The summed E-state index contributed by atoms with van der Waals surface area (Å²) in [4.78, 5) is 2.54. The Hall–Kier alpha value is -0.900. The van der Waals surface area contributed by atoms with Gasteiger partial charge in [-0.25, -0.2) is 0 Å². The average molecular weight is 276 g/mol. The lowest BCUT2D eigenvalue weighted by atomic mass is 10.0. The molecule has 3 heteroatoms. The van der Waals surface area contributed by atoms with Crippen molar-refractivity contribution in [2.45, 2.75) is 32.2 Å². The molecule has 0 spiro atoms. The molecule has 2 rings (SSSR count). The van der Waals surface area contributed by atoms with Gasteiger partial charge in [0, 0.05) is 32.3 Å². The quantitative estimate of drug-likeness (QED) is 0.829. The average Bonchev–Trinajstić information content (AvgIpc) is 2.77. The van der Waals surface area contributed by atoms with Crippen molar-refractivity contribution in [2.75, 3.05) is 39.4 Å². The summed E-state index contributed by atoms with van der Waals surface area (Å²) in [6.07, 6.45) is 3.52. The van der Waals surface area contributed by atoms with Gasteiger partial charge >= 0.3 is 0 Å². The molecule has 1 aliphatic rings. The van der Waals surface area contributed by atoms with Gasteiger partial charge in [-0.15, -0.1) is 0 Å². The Kier molecular flexibility index (Phi) is 7.06. The number of rotatable bonds is 7. The summed E-state index contributed by atoms with van der Waals surface area (Å²) in [7, 11) is 0. The van der Waals surface area contributed by atoms with E-state index < -0.39 is 0 Å². The van der Waals surface area contributed by atoms with Gasteiger partial charge in [0.15, 0.2) is 0 Å². The predicted molar refractivity (Wildman–Crippen MR) is 84.0 cm³/mol. The Morgan fingerprint density at radius 1 is 1.20 bits per heavy atom. The van der Waals surface area contributed by atoms with E-state index in [1.54, 1.807) is 0 Å². The molecule has 0 bridgehead atoms. The van der Waals surface area contributed by atoms with E-state index in [1.165, 1.54) is 31.4 Å². The molecule has 0 aromatic heterocycles. The predicted octanol–water partition coefficient (Wildman–Crippen LogP) is 2.84. The van der Waals surface area contributed by atoms with E-state index in [2.05, 4.69) is 47.5 Å². The molecule has 1 aromatic carbocycles. The standard InChI is InChI=1S/C17H28N2O/c1-2-10-18-17(16-7-4-3-5-8-16)9-12-19-11-6-14-20-15-13-19/h3-5,7-8,17-18H,2,6,9-15H2,1H3. The lowest BCUT2D eigenvalue weighted by Gasteiger charge is -2.24. The third kappa shape index (κ3) is 5.23. The molecular formula is C17H28N2O. The Morgan fingerprint density at radius 2 is 2.05 bits per heavy atom. The zero-order valence-electron chi connectivity index (χ0n) is 12.7. The van der Waals surface area contributed by atoms with Crippen molar-refractivity contribution in [1.82, 2.24) is 10.2 Å². The van der Waals surface area contributed by atoms with Gasteiger partial charge < -0.3 is 15.0 Å². The first kappa shape index (κ1) is 15.5. The molecule has 1 unspecified atom stereocenters. The highest BCUT2D eigenvalue weighted by Gasteiger charge is 2.14. The first-order valence-corrected chi connectivity index (χ1v) is 7.98. The summed E-state index contributed by atoms with van der Waals surface area (Å²) in [6, 6.07) is 11.3. The van der Waals surface area contributed by atoms with Crippen molar-refractivity contribution in [1.29, 1.82) is 0 Å². The molecule has 112 valence electrons. The number of benzene rings is 1. The third-order valence-electron chi connectivity index (χ3n) is 3.89. The maximum Gasteiger partial charge on any atom is 0.0593 e. The summed E-state index contributed by atoms with van der Waals surface area (Å²) in [5.74, 6) is 0. The van der Waals surface area contributed by atoms with E-state index in [4.69, 9.17) is 4.74 Å². The Labute approximate surface area is 123 Å². The van der Waals surface area contributed by atoms with Crippen LogP contribution >= 0.6 is 0 Å². The molecule has 20 heavy (non-hydrogen) atoms. The number of ether oxygens (including phenoxy) is 1. The maximum atomic E-state index is 5.52. The summed E-state index contributed by atoms with van der Waals surface area (Å²) in [6.45, 7) is 8.53. The minimum Gasteiger partial charge on any atom is -0.380 e. The Balaban J connectivity index is 1.86. The lowest BCUT2D eigenvalue weighted by Crippen LogP contribution is -2.31. The van der Waals surface area contributed by atoms with Crippen LogP contribution < -0.4 is 5.32 Å². The van der Waals surface area contributed by atoms with Crippen LogP contribution in [-0.4, -0.2) is 44.3 Å². The summed E-state index contributed by atoms with van der Waals surface area (Å²) in [5.41, 5.74) is 1.41. The SMILES string of the molecule is CCCNC(CCN1CCCOCC1)c1ccccc1. The fourth-order valence-electron chi connectivity index (χ4n) is 2.72. The highest BCUT2D eigenvalue weighted by Crippen LogP contribution is 2.17. The molecule has 1 heterocycles. The van der Waals surface area contributed by atoms with Gasteiger partial charge in [0.1, 0.15) is 0 Å². The van der Waals surface area contributed by atoms with Crippen LogP contribution in [-0.2, 0) is 4.74 Å². The fraction of sp³-hybridized carbons (Fsp3) is 0.647. The van der Waals surface area contributed by atoms with Gasteiger partial charge in [0.25, 0.3) is 0 Å². The van der Waals surface area contributed by atoms with Crippen molar-refractivity contribution in [2.24, 2.45) is 0 Å². The minimum atomic E-state index is 0.473. The van der Waals surface area contributed by atoms with Crippen molar-refractivity contribution < 1.29 is 4.74 Å². The monoisotopic (exact) mass is 276 g/mol. The lowest BCUT2D eigenvalue weighted by molar-refractivity contribution is 0.140. The molecule has 0 amide bonds. The van der Waals surface area contributed by atoms with Crippen LogP contribution in [0.3, 0.4) is 0 Å². The molecule has 0 saturated carbocycles. The van der Waals surface area contributed by atoms with E-state index in [9.17, 15) is 0 Å². The molecule has 3 nitrogen and oxygen atoms in total. The van der Waals surface area contributed by atoms with E-state index in [0.29, 0.717) is 6.04 Å². The zero-order valence-corrected chi connectivity index (χ0v) is 12.7. The molecule has 1 aliphatic heterocycles. The molecule has 1 N–H and O–H groups in total. The fourth-order valence-corrected chi connectivity index (χ4v) is 2.72. The third-order valence-corrected chi connectivity index (χ3v) is 3.89. The van der Waals surface area contributed by atoms with Crippen LogP contribution in [0.2, 0.25) is 0 Å². The largest absolute Gasteiger partial charge is 0.380 e. The highest BCUT2D eigenvalue weighted by atomic mass is 16.5. The summed E-state index contributed by atoms with van der Waals surface area (Å²) < 4.78 is 5.52. The Bertz CT molecular complexity index is 347. The number of nitrogens with zero attached hydrogens (tertiary/aromatic N) is 1. The molecular weight excluding hydrogens is 248 g/mol. The zero-order chi connectivity index (χ0) is 14.0. The summed E-state index contributed by atoms with van der Waals surface area (Å²) in [5, 5.41) is 3.68. The minimum absolute atomic E-state index is 0.473. The first-order chi connectivity index (χ1) is 9.90. The van der Waals surface area contributed by atoms with E-state index in [1.807, 2.05) is 0 Å². The van der Waals surface area contributed by atoms with Crippen molar-refractivity contribution in [3.05, 3.63) is 35.9 Å². The molecule has 1 aromatic rings. The molecule has 1 saturated heterocycles. The molecule has 0 radical (unpaired) electrons. The van der Waals surface area contributed by atoms with Crippen molar-refractivity contribution >= 4 is 0 Å². The smallest absolute Gasteiger partial charge is 0.0593 e. The maximum absolute atomic E-state index is 5.52. The van der Waals surface area contributed by atoms with Crippen LogP contribution in [0.25, 0.3) is 0 Å². The second kappa shape index (κ2) is 9.11. The molecule has 1 fully saturated rings. The normalized spacial score (nSPS) is 18.6. The van der Waals surface area contributed by atoms with Gasteiger partial charge in [-0.05, 0) is 31.4 Å². The second-order valence-corrected chi connectivity index (χ2v) is 5.51. The van der Waals surface area contributed by atoms with E-state index in [0.717, 1.165) is 32.8 Å². The molecule has 0 aliphatic carbocycles. The van der Waals surface area contributed by atoms with Crippen molar-refractivity contribution in [3.8, 4) is 0 Å². The molecule has 1 atom stereocenters. The van der Waals surface area contributed by atoms with E-state index >= 15 is 0 Å². The number of hydrogen-bond acceptors (Lipinski definition) is 3. The van der Waals surface area contributed by atoms with Crippen LogP contribution in [0.4, 0.5) is 0 Å². The number of nitrogens with one attached hydrogen (secondary N) is 1. The van der Waals surface area contributed by atoms with Crippen LogP contribution in [0, 0.1) is 0 Å². The van der Waals surface area contributed by atoms with Gasteiger partial charge in [-0.1, -0.05) is 37.3 Å². The van der Waals surface area contributed by atoms with Gasteiger partial charge in [0.05, 0.1) is 6.61 Å². The Morgan fingerprint density at radius 3 is 2.85 bits per heavy atom. The van der Waals surface area contributed by atoms with E-state index in [-0.39, 0.29) is 0 Å². The number of hydrogen-bond donors (Lipinski definition) is 1. The second-order valence-electron chi connectivity index (χ2n) is 5.51. The topological polar surface area (TPSA) is 24.5 Å². The van der Waals surface area contributed by atoms with Crippen LogP contribution in [0.5, 0.6) is 0 Å². The van der Waals surface area contributed by atoms with Gasteiger partial charge in [0.2, 0.25) is 0 Å². The van der Waals surface area contributed by atoms with Crippen LogP contribution in [0.15, 0.2) is 30.3 Å².